The summed E-state index contributed by atoms with van der Waals surface area (Å²) < 4.78 is 11.1. The highest BCUT2D eigenvalue weighted by atomic mass is 16.6. The van der Waals surface area contributed by atoms with Gasteiger partial charge in [0.2, 0.25) is 0 Å². The second kappa shape index (κ2) is 6.10. The maximum atomic E-state index is 12.4. The predicted molar refractivity (Wildman–Crippen MR) is 75.1 cm³/mol. The normalized spacial score (nSPS) is 23.5. The van der Waals surface area contributed by atoms with Gasteiger partial charge in [-0.3, -0.25) is 4.90 Å². The summed E-state index contributed by atoms with van der Waals surface area (Å²) in [4.78, 5) is 24.7. The Kier molecular flexibility index (Phi) is 5.15. The van der Waals surface area contributed by atoms with Crippen LogP contribution in [0, 0.1) is 5.92 Å². The molecule has 0 aromatic rings. The van der Waals surface area contributed by atoms with Crippen LogP contribution in [-0.4, -0.2) is 47.8 Å². The number of hydrogen-bond acceptors (Lipinski definition) is 5. The van der Waals surface area contributed by atoms with Gasteiger partial charge < -0.3 is 20.0 Å². The Labute approximate surface area is 120 Å². The van der Waals surface area contributed by atoms with Crippen molar-refractivity contribution in [2.45, 2.75) is 58.4 Å². The summed E-state index contributed by atoms with van der Waals surface area (Å²) in [6.45, 7) is 9.75. The molecular weight excluding hydrogens is 260 g/mol. The molecular formula is C14H26N2O4. The van der Waals surface area contributed by atoms with Crippen molar-refractivity contribution in [1.82, 2.24) is 4.90 Å². The molecule has 0 aliphatic carbocycles. The van der Waals surface area contributed by atoms with Crippen LogP contribution in [0.3, 0.4) is 0 Å². The Bertz CT molecular complexity index is 363. The molecule has 116 valence electrons. The highest BCUT2D eigenvalue weighted by molar-refractivity contribution is 5.70. The molecule has 0 aromatic carbocycles. The molecule has 1 heterocycles. The molecule has 20 heavy (non-hydrogen) atoms. The lowest BCUT2D eigenvalue weighted by Gasteiger charge is -2.37. The molecule has 1 fully saturated rings. The van der Waals surface area contributed by atoms with Crippen LogP contribution >= 0.6 is 0 Å². The van der Waals surface area contributed by atoms with E-state index in [9.17, 15) is 9.59 Å². The van der Waals surface area contributed by atoms with Crippen molar-refractivity contribution >= 4 is 12.4 Å². The lowest BCUT2D eigenvalue weighted by molar-refractivity contribution is -0.109. The first-order valence-electron chi connectivity index (χ1n) is 6.92. The zero-order valence-corrected chi connectivity index (χ0v) is 13.0. The van der Waals surface area contributed by atoms with E-state index in [1.165, 1.54) is 0 Å². The topological polar surface area (TPSA) is 81.9 Å². The Hall–Kier alpha value is -1.14. The lowest BCUT2D eigenvalue weighted by Crippen LogP contribution is -2.53. The minimum Gasteiger partial charge on any atom is -0.444 e. The highest BCUT2D eigenvalue weighted by Gasteiger charge is 2.48. The summed E-state index contributed by atoms with van der Waals surface area (Å²) in [5.74, 6) is -0.123. The number of amides is 1. The number of rotatable bonds is 4. The summed E-state index contributed by atoms with van der Waals surface area (Å²) in [6.07, 6.45) is 0.699. The van der Waals surface area contributed by atoms with Gasteiger partial charge in [-0.25, -0.2) is 4.79 Å². The predicted octanol–water partition coefficient (Wildman–Crippen LogP) is 1.52. The molecule has 6 nitrogen and oxygen atoms in total. The fraction of sp³-hybridized carbons (Fsp3) is 0.857. The highest BCUT2D eigenvalue weighted by Crippen LogP contribution is 2.33. The largest absolute Gasteiger partial charge is 0.444 e. The van der Waals surface area contributed by atoms with Crippen LogP contribution in [0.5, 0.6) is 0 Å². The average Bonchev–Trinajstić information content (AvgIpc) is 2.59. The Morgan fingerprint density at radius 3 is 2.60 bits per heavy atom. The second-order valence-corrected chi connectivity index (χ2v) is 6.57. The minimum absolute atomic E-state index is 0.123. The monoisotopic (exact) mass is 286 g/mol. The van der Waals surface area contributed by atoms with Gasteiger partial charge in [0.05, 0.1) is 12.6 Å². The van der Waals surface area contributed by atoms with Gasteiger partial charge in [0, 0.05) is 12.3 Å². The average molecular weight is 286 g/mol. The number of carbonyl (C=O) groups is 2. The van der Waals surface area contributed by atoms with Crippen LogP contribution in [0.2, 0.25) is 0 Å². The molecule has 0 saturated carbocycles. The standard InChI is InChI=1S/C14H26N2O4/c1-13(2,3)20-12(18)16-11(9-19-14(16,4)5)10(8-15)6-7-17/h7,10-11H,6,8-9,15H2,1-5H3/t10?,11-/m1/s1. The molecule has 0 aromatic heterocycles. The molecule has 0 radical (unpaired) electrons. The third-order valence-electron chi connectivity index (χ3n) is 3.36. The van der Waals surface area contributed by atoms with Gasteiger partial charge >= 0.3 is 6.09 Å². The van der Waals surface area contributed by atoms with Crippen LogP contribution in [0.4, 0.5) is 4.79 Å². The van der Waals surface area contributed by atoms with Gasteiger partial charge in [0.15, 0.2) is 0 Å². The molecule has 1 aliphatic heterocycles. The molecule has 1 rings (SSSR count). The molecule has 1 amide bonds. The third kappa shape index (κ3) is 3.93. The number of aldehydes is 1. The first kappa shape index (κ1) is 16.9. The molecule has 2 N–H and O–H groups in total. The summed E-state index contributed by atoms with van der Waals surface area (Å²) in [6, 6.07) is -0.241. The van der Waals surface area contributed by atoms with Crippen LogP contribution in [-0.2, 0) is 14.3 Å². The van der Waals surface area contributed by atoms with Crippen LogP contribution < -0.4 is 5.73 Å². The Morgan fingerprint density at radius 2 is 2.15 bits per heavy atom. The van der Waals surface area contributed by atoms with Crippen molar-refractivity contribution in [1.29, 1.82) is 0 Å². The summed E-state index contributed by atoms with van der Waals surface area (Å²) in [5, 5.41) is 0. The van der Waals surface area contributed by atoms with E-state index >= 15 is 0 Å². The first-order valence-corrected chi connectivity index (χ1v) is 6.92. The van der Waals surface area contributed by atoms with Gasteiger partial charge in [0.1, 0.15) is 17.6 Å². The van der Waals surface area contributed by atoms with Crippen molar-refractivity contribution in [3.8, 4) is 0 Å². The van der Waals surface area contributed by atoms with Crippen LogP contribution in [0.15, 0.2) is 0 Å². The molecule has 1 aliphatic rings. The minimum atomic E-state index is -0.761. The number of nitrogens with two attached hydrogens (primary N) is 1. The van der Waals surface area contributed by atoms with E-state index in [0.717, 1.165) is 6.29 Å². The molecule has 2 atom stereocenters. The van der Waals surface area contributed by atoms with Crippen molar-refractivity contribution in [3.05, 3.63) is 0 Å². The molecule has 1 saturated heterocycles. The SMILES string of the molecule is CC(C)(C)OC(=O)N1[C@@H](C(CN)CC=O)COC1(C)C. The zero-order valence-electron chi connectivity index (χ0n) is 13.0. The van der Waals surface area contributed by atoms with E-state index in [0.29, 0.717) is 19.6 Å². The Balaban J connectivity index is 2.95. The van der Waals surface area contributed by atoms with Gasteiger partial charge in [-0.15, -0.1) is 0 Å². The molecule has 6 heteroatoms. The molecule has 0 spiro atoms. The molecule has 1 unspecified atom stereocenters. The van der Waals surface area contributed by atoms with Crippen molar-refractivity contribution in [3.63, 3.8) is 0 Å². The maximum Gasteiger partial charge on any atom is 0.412 e. The van der Waals surface area contributed by atoms with Gasteiger partial charge in [-0.05, 0) is 41.2 Å². The number of carbonyl (C=O) groups excluding carboxylic acids is 2. The first-order chi connectivity index (χ1) is 9.12. The zero-order chi connectivity index (χ0) is 15.6. The van der Waals surface area contributed by atoms with Crippen molar-refractivity contribution in [2.24, 2.45) is 11.7 Å². The fourth-order valence-corrected chi connectivity index (χ4v) is 2.38. The van der Waals surface area contributed by atoms with Crippen LogP contribution in [0.25, 0.3) is 0 Å². The van der Waals surface area contributed by atoms with E-state index in [1.54, 1.807) is 4.90 Å². The van der Waals surface area contributed by atoms with Crippen LogP contribution in [0.1, 0.15) is 41.0 Å². The molecule has 0 bridgehead atoms. The van der Waals surface area contributed by atoms with E-state index in [-0.39, 0.29) is 12.0 Å². The lowest BCUT2D eigenvalue weighted by atomic mass is 9.96. The van der Waals surface area contributed by atoms with Gasteiger partial charge in [0.25, 0.3) is 0 Å². The Morgan fingerprint density at radius 1 is 1.55 bits per heavy atom. The fourth-order valence-electron chi connectivity index (χ4n) is 2.38. The summed E-state index contributed by atoms with van der Waals surface area (Å²) in [7, 11) is 0. The van der Waals surface area contributed by atoms with Crippen molar-refractivity contribution in [2.75, 3.05) is 13.2 Å². The number of hydrogen-bond donors (Lipinski definition) is 1. The summed E-state index contributed by atoms with van der Waals surface area (Å²) >= 11 is 0. The van der Waals surface area contributed by atoms with Crippen molar-refractivity contribution < 1.29 is 19.1 Å². The maximum absolute atomic E-state index is 12.4. The van der Waals surface area contributed by atoms with E-state index < -0.39 is 17.4 Å². The number of ether oxygens (including phenoxy) is 2. The van der Waals surface area contributed by atoms with Gasteiger partial charge in [-0.2, -0.15) is 0 Å². The quantitative estimate of drug-likeness (QED) is 0.792. The summed E-state index contributed by atoms with van der Waals surface area (Å²) in [5.41, 5.74) is 4.38. The van der Waals surface area contributed by atoms with E-state index in [1.807, 2.05) is 34.6 Å². The smallest absolute Gasteiger partial charge is 0.412 e. The second-order valence-electron chi connectivity index (χ2n) is 6.57. The van der Waals surface area contributed by atoms with E-state index in [2.05, 4.69) is 0 Å². The number of nitrogens with zero attached hydrogens (tertiary/aromatic N) is 1. The third-order valence-corrected chi connectivity index (χ3v) is 3.36. The van der Waals surface area contributed by atoms with Gasteiger partial charge in [-0.1, -0.05) is 0 Å². The van der Waals surface area contributed by atoms with E-state index in [4.69, 9.17) is 15.2 Å².